The topological polar surface area (TPSA) is 66.4 Å². The zero-order valence-corrected chi connectivity index (χ0v) is 15.0. The predicted molar refractivity (Wildman–Crippen MR) is 97.3 cm³/mol. The molecule has 0 atom stereocenters. The van der Waals surface area contributed by atoms with Crippen LogP contribution in [-0.4, -0.2) is 57.8 Å². The number of aromatic nitrogens is 2. The van der Waals surface area contributed by atoms with E-state index < -0.39 is 0 Å². The number of hydrogen-bond donors (Lipinski definition) is 0. The van der Waals surface area contributed by atoms with Crippen molar-refractivity contribution < 1.29 is 9.59 Å². The maximum absolute atomic E-state index is 12.6. The molecule has 1 aliphatic heterocycles. The molecule has 1 aromatic carbocycles. The van der Waals surface area contributed by atoms with Crippen molar-refractivity contribution in [3.63, 3.8) is 0 Å². The van der Waals surface area contributed by atoms with E-state index in [4.69, 9.17) is 11.6 Å². The van der Waals surface area contributed by atoms with Crippen LogP contribution in [0.5, 0.6) is 0 Å². The van der Waals surface area contributed by atoms with Crippen LogP contribution >= 0.6 is 11.6 Å². The van der Waals surface area contributed by atoms with Crippen LogP contribution in [0.1, 0.15) is 45.3 Å². The largest absolute Gasteiger partial charge is 0.335 e. The molecular weight excluding hydrogens is 352 g/mol. The first-order valence-corrected chi connectivity index (χ1v) is 9.15. The Kier molecular flexibility index (Phi) is 4.59. The van der Waals surface area contributed by atoms with Crippen molar-refractivity contribution in [1.29, 1.82) is 0 Å². The monoisotopic (exact) mass is 370 g/mol. The van der Waals surface area contributed by atoms with Gasteiger partial charge in [0.2, 0.25) is 0 Å². The molecule has 0 N–H and O–H groups in total. The summed E-state index contributed by atoms with van der Waals surface area (Å²) in [6, 6.07) is 6.93. The van der Waals surface area contributed by atoms with Crippen LogP contribution in [0.2, 0.25) is 5.02 Å². The van der Waals surface area contributed by atoms with Crippen molar-refractivity contribution in [2.24, 2.45) is 0 Å². The van der Waals surface area contributed by atoms with Gasteiger partial charge in [-0.05, 0) is 31.0 Å². The summed E-state index contributed by atoms with van der Waals surface area (Å²) in [5.41, 5.74) is 1.07. The Balaban J connectivity index is 1.36. The van der Waals surface area contributed by atoms with Gasteiger partial charge in [-0.1, -0.05) is 17.7 Å². The second kappa shape index (κ2) is 7.03. The lowest BCUT2D eigenvalue weighted by Crippen LogP contribution is -2.50. The molecule has 2 heterocycles. The van der Waals surface area contributed by atoms with Gasteiger partial charge in [-0.2, -0.15) is 0 Å². The van der Waals surface area contributed by atoms with Crippen molar-refractivity contribution in [3.8, 4) is 0 Å². The first-order valence-electron chi connectivity index (χ1n) is 8.78. The summed E-state index contributed by atoms with van der Waals surface area (Å²) in [4.78, 5) is 37.3. The Morgan fingerprint density at radius 1 is 0.923 bits per heavy atom. The smallest absolute Gasteiger partial charge is 0.257 e. The highest BCUT2D eigenvalue weighted by molar-refractivity contribution is 6.30. The number of carbonyl (C=O) groups is 2. The SMILES string of the molecule is O=C(c1cnc(C2CC2)nc1)N1CCN(C(=O)c2cccc(Cl)c2)CC1. The van der Waals surface area contributed by atoms with Gasteiger partial charge in [0.15, 0.2) is 0 Å². The minimum Gasteiger partial charge on any atom is -0.335 e. The van der Waals surface area contributed by atoms with Gasteiger partial charge in [0, 0.05) is 55.1 Å². The molecule has 134 valence electrons. The normalized spacial score (nSPS) is 17.3. The van der Waals surface area contributed by atoms with E-state index in [1.807, 2.05) is 0 Å². The van der Waals surface area contributed by atoms with Gasteiger partial charge in [0.25, 0.3) is 11.8 Å². The van der Waals surface area contributed by atoms with Crippen LogP contribution in [0, 0.1) is 0 Å². The Morgan fingerprint density at radius 2 is 1.50 bits per heavy atom. The Bertz CT molecular complexity index is 828. The molecule has 2 fully saturated rings. The highest BCUT2D eigenvalue weighted by Gasteiger charge is 2.28. The molecule has 1 aromatic heterocycles. The average molecular weight is 371 g/mol. The fourth-order valence-electron chi connectivity index (χ4n) is 3.10. The molecule has 0 spiro atoms. The lowest BCUT2D eigenvalue weighted by molar-refractivity contribution is 0.0535. The average Bonchev–Trinajstić information content (AvgIpc) is 3.52. The Labute approximate surface area is 156 Å². The first kappa shape index (κ1) is 17.0. The van der Waals surface area contributed by atoms with Gasteiger partial charge in [-0.3, -0.25) is 9.59 Å². The Hall–Kier alpha value is -2.47. The number of carbonyl (C=O) groups excluding carboxylic acids is 2. The molecule has 1 saturated carbocycles. The lowest BCUT2D eigenvalue weighted by atomic mass is 10.1. The second-order valence-corrected chi connectivity index (χ2v) is 7.14. The van der Waals surface area contributed by atoms with Gasteiger partial charge in [0.05, 0.1) is 5.56 Å². The zero-order chi connectivity index (χ0) is 18.1. The van der Waals surface area contributed by atoms with Crippen LogP contribution in [0.15, 0.2) is 36.7 Å². The highest BCUT2D eigenvalue weighted by Crippen LogP contribution is 2.37. The van der Waals surface area contributed by atoms with Crippen molar-refractivity contribution in [1.82, 2.24) is 19.8 Å². The molecule has 1 aliphatic carbocycles. The molecule has 4 rings (SSSR count). The van der Waals surface area contributed by atoms with Gasteiger partial charge in [-0.25, -0.2) is 9.97 Å². The first-order chi connectivity index (χ1) is 12.6. The highest BCUT2D eigenvalue weighted by atomic mass is 35.5. The van der Waals surface area contributed by atoms with E-state index in [1.165, 1.54) is 0 Å². The minimum absolute atomic E-state index is 0.0586. The van der Waals surface area contributed by atoms with Gasteiger partial charge in [-0.15, -0.1) is 0 Å². The van der Waals surface area contributed by atoms with E-state index in [1.54, 1.807) is 46.5 Å². The number of piperazine rings is 1. The number of nitrogens with zero attached hydrogens (tertiary/aromatic N) is 4. The molecule has 0 unspecified atom stereocenters. The molecule has 2 aliphatic rings. The second-order valence-electron chi connectivity index (χ2n) is 6.70. The fraction of sp³-hybridized carbons (Fsp3) is 0.368. The summed E-state index contributed by atoms with van der Waals surface area (Å²) in [5.74, 6) is 1.16. The van der Waals surface area contributed by atoms with Crippen molar-refractivity contribution in [2.45, 2.75) is 18.8 Å². The van der Waals surface area contributed by atoms with Gasteiger partial charge in [0.1, 0.15) is 5.82 Å². The summed E-state index contributed by atoms with van der Waals surface area (Å²) in [7, 11) is 0. The maximum atomic E-state index is 12.6. The summed E-state index contributed by atoms with van der Waals surface area (Å²) in [6.07, 6.45) is 5.50. The molecule has 2 aromatic rings. The molecule has 7 heteroatoms. The zero-order valence-electron chi connectivity index (χ0n) is 14.3. The van der Waals surface area contributed by atoms with Gasteiger partial charge >= 0.3 is 0 Å². The quantitative estimate of drug-likeness (QED) is 0.833. The van der Waals surface area contributed by atoms with Crippen LogP contribution in [0.25, 0.3) is 0 Å². The van der Waals surface area contributed by atoms with Crippen LogP contribution < -0.4 is 0 Å². The fourth-order valence-corrected chi connectivity index (χ4v) is 3.29. The van der Waals surface area contributed by atoms with Crippen LogP contribution in [-0.2, 0) is 0 Å². The van der Waals surface area contributed by atoms with E-state index in [0.29, 0.717) is 48.2 Å². The van der Waals surface area contributed by atoms with Crippen molar-refractivity contribution in [2.75, 3.05) is 26.2 Å². The molecule has 26 heavy (non-hydrogen) atoms. The number of amides is 2. The standard InChI is InChI=1S/C19H19ClN4O2/c20-16-3-1-2-14(10-16)18(25)23-6-8-24(9-7-23)19(26)15-11-21-17(22-12-15)13-4-5-13/h1-3,10-13H,4-9H2. The number of benzene rings is 1. The lowest BCUT2D eigenvalue weighted by Gasteiger charge is -2.34. The number of halogens is 1. The predicted octanol–water partition coefficient (Wildman–Crippen LogP) is 2.61. The Morgan fingerprint density at radius 3 is 2.04 bits per heavy atom. The van der Waals surface area contributed by atoms with E-state index in [-0.39, 0.29) is 11.8 Å². The molecule has 6 nitrogen and oxygen atoms in total. The van der Waals surface area contributed by atoms with E-state index >= 15 is 0 Å². The van der Waals surface area contributed by atoms with Crippen molar-refractivity contribution >= 4 is 23.4 Å². The summed E-state index contributed by atoms with van der Waals surface area (Å²) in [6.45, 7) is 1.99. The third-order valence-corrected chi connectivity index (χ3v) is 5.02. The van der Waals surface area contributed by atoms with E-state index in [0.717, 1.165) is 18.7 Å². The third kappa shape index (κ3) is 3.55. The van der Waals surface area contributed by atoms with E-state index in [2.05, 4.69) is 9.97 Å². The molecule has 1 saturated heterocycles. The van der Waals surface area contributed by atoms with Crippen LogP contribution in [0.4, 0.5) is 0 Å². The van der Waals surface area contributed by atoms with Crippen molar-refractivity contribution in [3.05, 3.63) is 58.6 Å². The maximum Gasteiger partial charge on any atom is 0.257 e. The number of rotatable bonds is 3. The number of hydrogen-bond acceptors (Lipinski definition) is 4. The summed E-state index contributed by atoms with van der Waals surface area (Å²) < 4.78 is 0. The molecular formula is C19H19ClN4O2. The van der Waals surface area contributed by atoms with E-state index in [9.17, 15) is 9.59 Å². The molecule has 0 bridgehead atoms. The van der Waals surface area contributed by atoms with Crippen LogP contribution in [0.3, 0.4) is 0 Å². The summed E-state index contributed by atoms with van der Waals surface area (Å²) >= 11 is 5.96. The minimum atomic E-state index is -0.0813. The third-order valence-electron chi connectivity index (χ3n) is 4.79. The molecule has 0 radical (unpaired) electrons. The molecule has 2 amide bonds. The summed E-state index contributed by atoms with van der Waals surface area (Å²) in [5, 5.41) is 0.541. The van der Waals surface area contributed by atoms with Gasteiger partial charge < -0.3 is 9.80 Å².